The van der Waals surface area contributed by atoms with Crippen molar-refractivity contribution in [1.29, 1.82) is 0 Å². The maximum atomic E-state index is 5.72. The molecule has 5 heteroatoms. The zero-order valence-corrected chi connectivity index (χ0v) is 10.4. The van der Waals surface area contributed by atoms with Crippen molar-refractivity contribution in [1.82, 2.24) is 9.97 Å². The summed E-state index contributed by atoms with van der Waals surface area (Å²) in [5.74, 6) is 1.64. The highest BCUT2D eigenvalue weighted by molar-refractivity contribution is 5.85. The van der Waals surface area contributed by atoms with Crippen LogP contribution in [0.2, 0.25) is 0 Å². The predicted molar refractivity (Wildman–Crippen MR) is 68.0 cm³/mol. The van der Waals surface area contributed by atoms with Crippen molar-refractivity contribution in [3.8, 4) is 0 Å². The van der Waals surface area contributed by atoms with Crippen molar-refractivity contribution in [3.05, 3.63) is 18.1 Å². The van der Waals surface area contributed by atoms with Gasteiger partial charge < -0.3 is 10.6 Å². The van der Waals surface area contributed by atoms with Crippen LogP contribution in [0.1, 0.15) is 18.5 Å². The molecule has 0 spiro atoms. The average molecular weight is 243 g/mol. The van der Waals surface area contributed by atoms with Crippen LogP contribution in [0.3, 0.4) is 0 Å². The maximum absolute atomic E-state index is 5.72. The van der Waals surface area contributed by atoms with Gasteiger partial charge in [-0.1, -0.05) is 0 Å². The fourth-order valence-corrected chi connectivity index (χ4v) is 2.16. The summed E-state index contributed by atoms with van der Waals surface area (Å²) in [6.07, 6.45) is 5.95. The van der Waals surface area contributed by atoms with Crippen molar-refractivity contribution in [2.24, 2.45) is 11.7 Å². The van der Waals surface area contributed by atoms with E-state index in [0.717, 1.165) is 31.1 Å². The normalized spacial score (nSPS) is 20.4. The van der Waals surface area contributed by atoms with Crippen molar-refractivity contribution < 1.29 is 0 Å². The second kappa shape index (κ2) is 6.01. The largest absolute Gasteiger partial charge is 0.355 e. The van der Waals surface area contributed by atoms with Gasteiger partial charge in [-0.15, -0.1) is 12.4 Å². The molecule has 16 heavy (non-hydrogen) atoms. The zero-order chi connectivity index (χ0) is 10.7. The van der Waals surface area contributed by atoms with Gasteiger partial charge in [0.2, 0.25) is 0 Å². The summed E-state index contributed by atoms with van der Waals surface area (Å²) in [5.41, 5.74) is 6.73. The second-order valence-electron chi connectivity index (χ2n) is 4.16. The quantitative estimate of drug-likeness (QED) is 0.852. The van der Waals surface area contributed by atoms with Gasteiger partial charge in [0.1, 0.15) is 5.82 Å². The molecule has 0 bridgehead atoms. The van der Waals surface area contributed by atoms with Crippen molar-refractivity contribution >= 4 is 18.2 Å². The van der Waals surface area contributed by atoms with E-state index < -0.39 is 0 Å². The van der Waals surface area contributed by atoms with Crippen LogP contribution in [-0.4, -0.2) is 29.6 Å². The van der Waals surface area contributed by atoms with E-state index in [-0.39, 0.29) is 12.4 Å². The number of hydrogen-bond acceptors (Lipinski definition) is 4. The van der Waals surface area contributed by atoms with Crippen LogP contribution in [0.15, 0.2) is 12.4 Å². The van der Waals surface area contributed by atoms with E-state index in [9.17, 15) is 0 Å². The van der Waals surface area contributed by atoms with E-state index in [4.69, 9.17) is 5.73 Å². The van der Waals surface area contributed by atoms with E-state index in [1.807, 2.05) is 6.92 Å². The summed E-state index contributed by atoms with van der Waals surface area (Å²) < 4.78 is 0. The lowest BCUT2D eigenvalue weighted by molar-refractivity contribution is 0.421. The van der Waals surface area contributed by atoms with Gasteiger partial charge in [-0.25, -0.2) is 4.98 Å². The minimum atomic E-state index is 0. The molecule has 0 aliphatic carbocycles. The molecular formula is C11H19ClN4. The first-order chi connectivity index (χ1) is 7.31. The van der Waals surface area contributed by atoms with E-state index in [1.165, 1.54) is 12.8 Å². The Kier molecular flexibility index (Phi) is 4.96. The molecule has 1 unspecified atom stereocenters. The van der Waals surface area contributed by atoms with Gasteiger partial charge in [0, 0.05) is 25.5 Å². The fourth-order valence-electron chi connectivity index (χ4n) is 2.16. The van der Waals surface area contributed by atoms with Crippen molar-refractivity contribution in [3.63, 3.8) is 0 Å². The van der Waals surface area contributed by atoms with E-state index >= 15 is 0 Å². The zero-order valence-electron chi connectivity index (χ0n) is 9.59. The van der Waals surface area contributed by atoms with Gasteiger partial charge in [-0.05, 0) is 32.2 Å². The fraction of sp³-hybridized carbons (Fsp3) is 0.636. The number of anilines is 1. The van der Waals surface area contributed by atoms with Crippen LogP contribution in [0.25, 0.3) is 0 Å². The number of nitrogens with zero attached hydrogens (tertiary/aromatic N) is 3. The Labute approximate surface area is 103 Å². The van der Waals surface area contributed by atoms with Gasteiger partial charge >= 0.3 is 0 Å². The number of piperidine rings is 1. The van der Waals surface area contributed by atoms with Gasteiger partial charge in [-0.2, -0.15) is 0 Å². The molecule has 1 aromatic heterocycles. The summed E-state index contributed by atoms with van der Waals surface area (Å²) in [5, 5.41) is 0. The Morgan fingerprint density at radius 3 is 2.88 bits per heavy atom. The summed E-state index contributed by atoms with van der Waals surface area (Å²) >= 11 is 0. The first-order valence-corrected chi connectivity index (χ1v) is 5.54. The molecule has 2 N–H and O–H groups in total. The first kappa shape index (κ1) is 13.2. The standard InChI is InChI=1S/C11H18N4.ClH/c1-9-11(14-5-4-13-9)15-6-2-3-10(7-12)8-15;/h4-5,10H,2-3,6-8,12H2,1H3;1H. The lowest BCUT2D eigenvalue weighted by atomic mass is 9.98. The Morgan fingerprint density at radius 2 is 2.19 bits per heavy atom. The highest BCUT2D eigenvalue weighted by Crippen LogP contribution is 2.22. The third-order valence-corrected chi connectivity index (χ3v) is 3.01. The Hall–Kier alpha value is -0.870. The summed E-state index contributed by atoms with van der Waals surface area (Å²) in [7, 11) is 0. The van der Waals surface area contributed by atoms with Gasteiger partial charge in [0.25, 0.3) is 0 Å². The van der Waals surface area contributed by atoms with Crippen LogP contribution in [0, 0.1) is 12.8 Å². The van der Waals surface area contributed by atoms with Crippen LogP contribution < -0.4 is 10.6 Å². The van der Waals surface area contributed by atoms with Crippen molar-refractivity contribution in [2.45, 2.75) is 19.8 Å². The number of nitrogens with two attached hydrogens (primary N) is 1. The minimum absolute atomic E-state index is 0. The van der Waals surface area contributed by atoms with E-state index in [0.29, 0.717) is 5.92 Å². The number of halogens is 1. The predicted octanol–water partition coefficient (Wildman–Crippen LogP) is 1.38. The van der Waals surface area contributed by atoms with Gasteiger partial charge in [-0.3, -0.25) is 4.98 Å². The molecule has 90 valence electrons. The Bertz CT molecular complexity index is 332. The molecule has 1 aromatic rings. The van der Waals surface area contributed by atoms with Gasteiger partial charge in [0.05, 0.1) is 5.69 Å². The van der Waals surface area contributed by atoms with Crippen LogP contribution in [0.5, 0.6) is 0 Å². The molecule has 1 fully saturated rings. The Morgan fingerprint density at radius 1 is 1.44 bits per heavy atom. The van der Waals surface area contributed by atoms with E-state index in [1.54, 1.807) is 12.4 Å². The number of aryl methyl sites for hydroxylation is 1. The Balaban J connectivity index is 0.00000128. The van der Waals surface area contributed by atoms with Crippen molar-refractivity contribution in [2.75, 3.05) is 24.5 Å². The topological polar surface area (TPSA) is 55.0 Å². The third-order valence-electron chi connectivity index (χ3n) is 3.01. The lowest BCUT2D eigenvalue weighted by Gasteiger charge is -2.33. The molecule has 0 radical (unpaired) electrons. The molecular weight excluding hydrogens is 224 g/mol. The molecule has 1 aliphatic heterocycles. The highest BCUT2D eigenvalue weighted by Gasteiger charge is 2.20. The first-order valence-electron chi connectivity index (χ1n) is 5.54. The van der Waals surface area contributed by atoms with Crippen LogP contribution in [-0.2, 0) is 0 Å². The maximum Gasteiger partial charge on any atom is 0.150 e. The molecule has 2 rings (SSSR count). The average Bonchev–Trinajstić information content (AvgIpc) is 2.30. The molecule has 0 amide bonds. The third kappa shape index (κ3) is 2.83. The molecule has 0 aromatic carbocycles. The SMILES string of the molecule is Cc1nccnc1N1CCCC(CN)C1.Cl. The molecule has 1 aliphatic rings. The van der Waals surface area contributed by atoms with E-state index in [2.05, 4.69) is 14.9 Å². The number of rotatable bonds is 2. The lowest BCUT2D eigenvalue weighted by Crippen LogP contribution is -2.39. The highest BCUT2D eigenvalue weighted by atomic mass is 35.5. The number of aromatic nitrogens is 2. The number of hydrogen-bond donors (Lipinski definition) is 1. The molecule has 2 heterocycles. The molecule has 4 nitrogen and oxygen atoms in total. The summed E-state index contributed by atoms with van der Waals surface area (Å²) in [6, 6.07) is 0. The summed E-state index contributed by atoms with van der Waals surface area (Å²) in [4.78, 5) is 11.0. The molecule has 1 atom stereocenters. The van der Waals surface area contributed by atoms with Gasteiger partial charge in [0.15, 0.2) is 0 Å². The smallest absolute Gasteiger partial charge is 0.150 e. The molecule has 1 saturated heterocycles. The van der Waals surface area contributed by atoms with Crippen LogP contribution >= 0.6 is 12.4 Å². The second-order valence-corrected chi connectivity index (χ2v) is 4.16. The minimum Gasteiger partial charge on any atom is -0.355 e. The monoisotopic (exact) mass is 242 g/mol. The summed E-state index contributed by atoms with van der Waals surface area (Å²) in [6.45, 7) is 4.89. The molecule has 0 saturated carbocycles. The van der Waals surface area contributed by atoms with Crippen LogP contribution in [0.4, 0.5) is 5.82 Å².